The molecule has 0 aromatic heterocycles. The van der Waals surface area contributed by atoms with Crippen molar-refractivity contribution in [2.24, 2.45) is 45.5 Å². The number of rotatable bonds is 11. The van der Waals surface area contributed by atoms with Crippen LogP contribution in [-0.4, -0.2) is 137 Å². The summed E-state index contributed by atoms with van der Waals surface area (Å²) in [5.74, 6) is -0.526. The smallest absolute Gasteiger partial charge is 0.254 e. The lowest BCUT2D eigenvalue weighted by Crippen LogP contribution is -2.69. The monoisotopic (exact) mass is 655 g/mol. The van der Waals surface area contributed by atoms with E-state index in [1.807, 2.05) is 6.08 Å². The highest BCUT2D eigenvalue weighted by molar-refractivity contribution is 5.90. The molecular weight excluding hydrogens is 602 g/mol. The van der Waals surface area contributed by atoms with Crippen LogP contribution in [0.1, 0.15) is 39.0 Å². The Balaban J connectivity index is 1.32. The Labute approximate surface area is 268 Å². The van der Waals surface area contributed by atoms with Crippen LogP contribution in [0.5, 0.6) is 0 Å². The Kier molecular flexibility index (Phi) is 10.5. The van der Waals surface area contributed by atoms with Crippen molar-refractivity contribution >= 4 is 11.9 Å². The molecule has 13 atom stereocenters. The first-order valence-electron chi connectivity index (χ1n) is 16.1. The Bertz CT molecular complexity index is 1150. The molecule has 3 saturated carbocycles. The molecule has 13 unspecified atom stereocenters. The first-order chi connectivity index (χ1) is 21.6. The van der Waals surface area contributed by atoms with Crippen LogP contribution < -0.4 is 44.6 Å². The molecule has 2 heterocycles. The lowest BCUT2D eigenvalue weighted by molar-refractivity contribution is -0.297. The Morgan fingerprint density at radius 2 is 1.85 bits per heavy atom. The summed E-state index contributed by atoms with van der Waals surface area (Å²) in [5.41, 5.74) is 26.7. The molecule has 2 aliphatic heterocycles. The van der Waals surface area contributed by atoms with E-state index in [4.69, 9.17) is 42.9 Å². The minimum atomic E-state index is -1.84. The van der Waals surface area contributed by atoms with Crippen molar-refractivity contribution in [3.8, 4) is 0 Å². The van der Waals surface area contributed by atoms with Crippen LogP contribution in [0.4, 0.5) is 0 Å². The number of ether oxygens (including phenoxy) is 3. The number of aliphatic imine (C=N–C) groups is 1. The van der Waals surface area contributed by atoms with E-state index >= 15 is 0 Å². The largest absolute Gasteiger partial charge is 0.492 e. The van der Waals surface area contributed by atoms with Crippen LogP contribution in [0.3, 0.4) is 0 Å². The minimum absolute atomic E-state index is 0.0110. The zero-order chi connectivity index (χ0) is 33.6. The number of hydrogen-bond donors (Lipinski definition) is 12. The van der Waals surface area contributed by atoms with E-state index in [0.29, 0.717) is 24.6 Å². The predicted octanol–water partition coefficient (Wildman–Crippen LogP) is -5.28. The Hall–Kier alpha value is -2.16. The minimum Gasteiger partial charge on any atom is -0.492 e. The molecule has 17 nitrogen and oxygen atoms in total. The fraction of sp³-hybridized carbons (Fsp3) is 0.862. The number of likely N-dealkylation sites (N-methyl/N-ethyl adjacent to an activating group) is 1. The number of guanidine groups is 1. The fourth-order valence-electron chi connectivity index (χ4n) is 7.42. The van der Waals surface area contributed by atoms with Gasteiger partial charge in [0, 0.05) is 30.5 Å². The normalized spacial score (nSPS) is 47.2. The van der Waals surface area contributed by atoms with Gasteiger partial charge in [-0.25, -0.2) is 4.99 Å². The summed E-state index contributed by atoms with van der Waals surface area (Å²) >= 11 is 0. The van der Waals surface area contributed by atoms with Gasteiger partial charge < -0.3 is 79.3 Å². The third kappa shape index (κ3) is 7.29. The first-order valence-corrected chi connectivity index (χ1v) is 16.1. The lowest BCUT2D eigenvalue weighted by Gasteiger charge is -2.50. The third-order valence-corrected chi connectivity index (χ3v) is 10.2. The molecule has 0 aromatic carbocycles. The molecule has 1 amide bonds. The van der Waals surface area contributed by atoms with E-state index in [9.17, 15) is 25.2 Å². The zero-order valence-electron chi connectivity index (χ0n) is 26.5. The Morgan fingerprint density at radius 1 is 1.13 bits per heavy atom. The van der Waals surface area contributed by atoms with Crippen molar-refractivity contribution < 1.29 is 39.4 Å². The van der Waals surface area contributed by atoms with Gasteiger partial charge in [0.05, 0.1) is 37.4 Å². The molecule has 17 N–H and O–H groups in total. The second kappa shape index (κ2) is 13.8. The molecule has 0 bridgehead atoms. The quantitative estimate of drug-likeness (QED) is 0.0731. The summed E-state index contributed by atoms with van der Waals surface area (Å²) in [6.07, 6.45) is -1.31. The number of aliphatic hydroxyl groups excluding tert-OH is 2. The SMILES string of the molecule is CNC1C(O)C(OC2C(NC(=O)C3(O)CC3N=C(N)N)CC(N)C(C3OC(CNCC4CC(N)C4)=CCC3N)C2O)OCC1(C)O. The molecule has 0 radical (unpaired) electrons. The summed E-state index contributed by atoms with van der Waals surface area (Å²) in [7, 11) is 1.59. The van der Waals surface area contributed by atoms with Crippen LogP contribution in [-0.2, 0) is 19.0 Å². The number of carbonyl (C=O) groups is 1. The van der Waals surface area contributed by atoms with Crippen molar-refractivity contribution in [1.29, 1.82) is 0 Å². The molecule has 5 aliphatic rings. The van der Waals surface area contributed by atoms with Crippen molar-refractivity contribution in [2.75, 3.05) is 26.7 Å². The van der Waals surface area contributed by atoms with Crippen molar-refractivity contribution in [1.82, 2.24) is 16.0 Å². The fourth-order valence-corrected chi connectivity index (χ4v) is 7.42. The van der Waals surface area contributed by atoms with Crippen LogP contribution in [0, 0.1) is 11.8 Å². The molecule has 0 spiro atoms. The summed E-state index contributed by atoms with van der Waals surface area (Å²) < 4.78 is 18.3. The lowest BCUT2D eigenvalue weighted by atomic mass is 9.72. The zero-order valence-corrected chi connectivity index (χ0v) is 26.5. The van der Waals surface area contributed by atoms with E-state index in [1.54, 1.807) is 7.05 Å². The molecule has 4 fully saturated rings. The summed E-state index contributed by atoms with van der Waals surface area (Å²) in [4.78, 5) is 17.2. The summed E-state index contributed by atoms with van der Waals surface area (Å²) in [5, 5.41) is 53.7. The van der Waals surface area contributed by atoms with Gasteiger partial charge in [-0.05, 0) is 58.2 Å². The van der Waals surface area contributed by atoms with Crippen LogP contribution >= 0.6 is 0 Å². The van der Waals surface area contributed by atoms with Crippen LogP contribution in [0.25, 0.3) is 0 Å². The van der Waals surface area contributed by atoms with Gasteiger partial charge in [0.15, 0.2) is 17.9 Å². The van der Waals surface area contributed by atoms with Gasteiger partial charge in [-0.15, -0.1) is 0 Å². The molecule has 0 aromatic rings. The second-order valence-corrected chi connectivity index (χ2v) is 14.0. The molecule has 17 heteroatoms. The van der Waals surface area contributed by atoms with E-state index in [-0.39, 0.29) is 31.4 Å². The number of nitrogens with zero attached hydrogens (tertiary/aromatic N) is 1. The maximum atomic E-state index is 13.3. The average molecular weight is 656 g/mol. The molecule has 5 rings (SSSR count). The number of nitrogens with two attached hydrogens (primary N) is 5. The molecule has 262 valence electrons. The van der Waals surface area contributed by atoms with Gasteiger partial charge in [0.1, 0.15) is 29.7 Å². The van der Waals surface area contributed by atoms with Crippen molar-refractivity contribution in [2.45, 2.75) is 117 Å². The number of nitrogens with one attached hydrogen (secondary N) is 3. The molecule has 1 saturated heterocycles. The second-order valence-electron chi connectivity index (χ2n) is 14.0. The number of carbonyl (C=O) groups excluding carboxylic acids is 1. The highest BCUT2D eigenvalue weighted by Gasteiger charge is 2.61. The highest BCUT2D eigenvalue weighted by atomic mass is 16.7. The van der Waals surface area contributed by atoms with Crippen molar-refractivity contribution in [3.05, 3.63) is 11.8 Å². The molecule has 3 aliphatic carbocycles. The van der Waals surface area contributed by atoms with Gasteiger partial charge in [0.2, 0.25) is 0 Å². The van der Waals surface area contributed by atoms with Gasteiger partial charge in [-0.2, -0.15) is 0 Å². The van der Waals surface area contributed by atoms with Gasteiger partial charge in [-0.3, -0.25) is 4.79 Å². The van der Waals surface area contributed by atoms with Crippen LogP contribution in [0.15, 0.2) is 16.8 Å². The third-order valence-electron chi connectivity index (χ3n) is 10.2. The summed E-state index contributed by atoms with van der Waals surface area (Å²) in [6.45, 7) is 2.64. The topological polar surface area (TPSA) is 304 Å². The Morgan fingerprint density at radius 3 is 2.50 bits per heavy atom. The number of aliphatic hydroxyl groups is 4. The van der Waals surface area contributed by atoms with E-state index in [0.717, 1.165) is 19.4 Å². The summed E-state index contributed by atoms with van der Waals surface area (Å²) in [6, 6.07) is -3.49. The van der Waals surface area contributed by atoms with Gasteiger partial charge in [0.25, 0.3) is 5.91 Å². The number of amides is 1. The first kappa shape index (κ1) is 35.2. The number of hydrogen-bond acceptors (Lipinski definition) is 14. The highest BCUT2D eigenvalue weighted by Crippen LogP contribution is 2.41. The maximum Gasteiger partial charge on any atom is 0.254 e. The average Bonchev–Trinajstić information content (AvgIpc) is 3.61. The van der Waals surface area contributed by atoms with Crippen LogP contribution in [0.2, 0.25) is 0 Å². The van der Waals surface area contributed by atoms with Crippen molar-refractivity contribution in [3.63, 3.8) is 0 Å². The maximum absolute atomic E-state index is 13.3. The van der Waals surface area contributed by atoms with Gasteiger partial charge >= 0.3 is 0 Å². The standard InChI is InChI=1S/C29H53N9O8/c1-28(42)11-44-25(21(40)24(28)35-2)46-23-17(37-26(41)29(43)8-18(29)38-27(33)34)7-16(32)19(20(23)39)22-15(31)4-3-14(45-22)10-36-9-12-5-13(30)6-12/h3,12-13,15-25,35-36,39-40,42-43H,4-11,30-32H2,1-2H3,(H,37,41)(H4,33,34,38). The molecule has 46 heavy (non-hydrogen) atoms. The molecular formula is C29H53N9O8. The van der Waals surface area contributed by atoms with E-state index < -0.39 is 83.9 Å². The van der Waals surface area contributed by atoms with Gasteiger partial charge in [-0.1, -0.05) is 0 Å². The van der Waals surface area contributed by atoms with E-state index in [2.05, 4.69) is 20.9 Å². The van der Waals surface area contributed by atoms with E-state index in [1.165, 1.54) is 6.92 Å². The predicted molar refractivity (Wildman–Crippen MR) is 166 cm³/mol.